The van der Waals surface area contributed by atoms with Gasteiger partial charge in [-0.1, -0.05) is 0 Å². The third-order valence-corrected chi connectivity index (χ3v) is 1.79. The maximum absolute atomic E-state index is 13.1. The van der Waals surface area contributed by atoms with Gasteiger partial charge in [0.05, 0.1) is 6.61 Å². The Hall–Kier alpha value is -1.69. The van der Waals surface area contributed by atoms with Gasteiger partial charge in [-0.05, 0) is 0 Å². The lowest BCUT2D eigenvalue weighted by Gasteiger charge is -2.07. The van der Waals surface area contributed by atoms with E-state index in [4.69, 9.17) is 9.84 Å². The quantitative estimate of drug-likeness (QED) is 0.785. The summed E-state index contributed by atoms with van der Waals surface area (Å²) in [6.45, 7) is 0.395. The fraction of sp³-hybridized carbons (Fsp3) is 0.300. The standard InChI is InChI=1S/C10H10F2O4/c1-15-2-3-16-6-4-7(11)9(10(13)14)8(12)5-6/h4-5H,2-3H2,1H3,(H,13,14). The van der Waals surface area contributed by atoms with E-state index >= 15 is 0 Å². The minimum Gasteiger partial charge on any atom is -0.491 e. The van der Waals surface area contributed by atoms with Gasteiger partial charge in [-0.3, -0.25) is 0 Å². The van der Waals surface area contributed by atoms with Crippen LogP contribution in [0.1, 0.15) is 10.4 Å². The van der Waals surface area contributed by atoms with Crippen molar-refractivity contribution < 1.29 is 28.2 Å². The van der Waals surface area contributed by atoms with E-state index in [1.54, 1.807) is 0 Å². The molecule has 0 atom stereocenters. The van der Waals surface area contributed by atoms with Gasteiger partial charge < -0.3 is 14.6 Å². The summed E-state index contributed by atoms with van der Waals surface area (Å²) in [5, 5.41) is 8.51. The number of hydrogen-bond donors (Lipinski definition) is 1. The fourth-order valence-corrected chi connectivity index (χ4v) is 1.08. The van der Waals surface area contributed by atoms with E-state index in [0.29, 0.717) is 0 Å². The molecule has 0 aliphatic carbocycles. The molecule has 0 aromatic heterocycles. The first kappa shape index (κ1) is 12.4. The molecule has 88 valence electrons. The summed E-state index contributed by atoms with van der Waals surface area (Å²) < 4.78 is 35.9. The summed E-state index contributed by atoms with van der Waals surface area (Å²) >= 11 is 0. The predicted octanol–water partition coefficient (Wildman–Crippen LogP) is 1.69. The van der Waals surface area contributed by atoms with Crippen LogP contribution in [0.5, 0.6) is 5.75 Å². The molecule has 0 heterocycles. The van der Waals surface area contributed by atoms with Crippen LogP contribution in [0, 0.1) is 11.6 Å². The summed E-state index contributed by atoms with van der Waals surface area (Å²) in [5.41, 5.74) is -0.987. The van der Waals surface area contributed by atoms with Crippen LogP contribution in [0.25, 0.3) is 0 Å². The number of ether oxygens (including phenoxy) is 2. The molecular weight excluding hydrogens is 222 g/mol. The fourth-order valence-electron chi connectivity index (χ4n) is 1.08. The highest BCUT2D eigenvalue weighted by molar-refractivity contribution is 5.88. The molecule has 0 amide bonds. The van der Waals surface area contributed by atoms with Gasteiger partial charge in [0.2, 0.25) is 0 Å². The summed E-state index contributed by atoms with van der Waals surface area (Å²) in [5.74, 6) is -4.06. The molecule has 1 aromatic carbocycles. The number of halogens is 2. The normalized spacial score (nSPS) is 10.2. The summed E-state index contributed by atoms with van der Waals surface area (Å²) in [6.07, 6.45) is 0. The second kappa shape index (κ2) is 5.41. The maximum atomic E-state index is 13.1. The maximum Gasteiger partial charge on any atom is 0.341 e. The smallest absolute Gasteiger partial charge is 0.341 e. The Morgan fingerprint density at radius 1 is 1.31 bits per heavy atom. The number of benzene rings is 1. The monoisotopic (exact) mass is 232 g/mol. The molecule has 0 saturated carbocycles. The Balaban J connectivity index is 2.87. The van der Waals surface area contributed by atoms with E-state index in [0.717, 1.165) is 12.1 Å². The van der Waals surface area contributed by atoms with Gasteiger partial charge in [0, 0.05) is 19.2 Å². The lowest BCUT2D eigenvalue weighted by molar-refractivity contribution is 0.0686. The van der Waals surface area contributed by atoms with Crippen molar-refractivity contribution in [3.05, 3.63) is 29.3 Å². The second-order valence-electron chi connectivity index (χ2n) is 2.91. The topological polar surface area (TPSA) is 55.8 Å². The van der Waals surface area contributed by atoms with Crippen molar-refractivity contribution in [3.63, 3.8) is 0 Å². The molecule has 0 bridgehead atoms. The molecule has 0 fully saturated rings. The molecule has 0 spiro atoms. The first-order valence-electron chi connectivity index (χ1n) is 4.40. The third-order valence-electron chi connectivity index (χ3n) is 1.79. The minimum atomic E-state index is -1.65. The molecule has 0 unspecified atom stereocenters. The molecule has 0 aliphatic rings. The van der Waals surface area contributed by atoms with Gasteiger partial charge in [0.15, 0.2) is 0 Å². The average molecular weight is 232 g/mol. The Morgan fingerprint density at radius 2 is 1.88 bits per heavy atom. The van der Waals surface area contributed by atoms with Crippen LogP contribution in [-0.4, -0.2) is 31.4 Å². The van der Waals surface area contributed by atoms with E-state index in [1.807, 2.05) is 0 Å². The van der Waals surface area contributed by atoms with E-state index in [-0.39, 0.29) is 19.0 Å². The van der Waals surface area contributed by atoms with Crippen molar-refractivity contribution in [1.82, 2.24) is 0 Å². The summed E-state index contributed by atoms with van der Waals surface area (Å²) in [4.78, 5) is 10.5. The number of carboxylic acid groups (broad SMARTS) is 1. The first-order valence-corrected chi connectivity index (χ1v) is 4.40. The number of methoxy groups -OCH3 is 1. The Labute approximate surface area is 90.4 Å². The van der Waals surface area contributed by atoms with Gasteiger partial charge in [-0.25, -0.2) is 13.6 Å². The SMILES string of the molecule is COCCOc1cc(F)c(C(=O)O)c(F)c1. The minimum absolute atomic E-state index is 0.0722. The van der Waals surface area contributed by atoms with Crippen LogP contribution in [0.2, 0.25) is 0 Å². The van der Waals surface area contributed by atoms with Crippen LogP contribution >= 0.6 is 0 Å². The number of rotatable bonds is 5. The predicted molar refractivity (Wildman–Crippen MR) is 50.7 cm³/mol. The highest BCUT2D eigenvalue weighted by Crippen LogP contribution is 2.20. The van der Waals surface area contributed by atoms with Gasteiger partial charge >= 0.3 is 5.97 Å². The van der Waals surface area contributed by atoms with Crippen LogP contribution < -0.4 is 4.74 Å². The highest BCUT2D eigenvalue weighted by Gasteiger charge is 2.18. The molecular formula is C10H10F2O4. The van der Waals surface area contributed by atoms with E-state index in [2.05, 4.69) is 4.74 Å². The van der Waals surface area contributed by atoms with Crippen molar-refractivity contribution in [2.45, 2.75) is 0 Å². The molecule has 1 aromatic rings. The summed E-state index contributed by atoms with van der Waals surface area (Å²) in [6, 6.07) is 1.64. The number of hydrogen-bond acceptors (Lipinski definition) is 3. The zero-order valence-electron chi connectivity index (χ0n) is 8.50. The Morgan fingerprint density at radius 3 is 2.31 bits per heavy atom. The molecule has 4 nitrogen and oxygen atoms in total. The van der Waals surface area contributed by atoms with Gasteiger partial charge in [-0.2, -0.15) is 0 Å². The van der Waals surface area contributed by atoms with Crippen molar-refractivity contribution in [2.24, 2.45) is 0 Å². The van der Waals surface area contributed by atoms with E-state index in [1.165, 1.54) is 7.11 Å². The average Bonchev–Trinajstić information content (AvgIpc) is 2.16. The van der Waals surface area contributed by atoms with Crippen molar-refractivity contribution in [1.29, 1.82) is 0 Å². The van der Waals surface area contributed by atoms with E-state index in [9.17, 15) is 13.6 Å². The summed E-state index contributed by atoms with van der Waals surface area (Å²) in [7, 11) is 1.46. The molecule has 1 rings (SSSR count). The lowest BCUT2D eigenvalue weighted by Crippen LogP contribution is -2.08. The van der Waals surface area contributed by atoms with Crippen LogP contribution in [-0.2, 0) is 4.74 Å². The Kier molecular flexibility index (Phi) is 4.19. The molecule has 16 heavy (non-hydrogen) atoms. The molecule has 0 aliphatic heterocycles. The first-order chi connectivity index (χ1) is 7.56. The lowest BCUT2D eigenvalue weighted by atomic mass is 10.2. The van der Waals surface area contributed by atoms with Crippen LogP contribution in [0.15, 0.2) is 12.1 Å². The van der Waals surface area contributed by atoms with Crippen molar-refractivity contribution in [2.75, 3.05) is 20.3 Å². The molecule has 0 radical (unpaired) electrons. The van der Waals surface area contributed by atoms with E-state index < -0.39 is 23.2 Å². The molecule has 0 saturated heterocycles. The second-order valence-corrected chi connectivity index (χ2v) is 2.91. The molecule has 1 N–H and O–H groups in total. The highest BCUT2D eigenvalue weighted by atomic mass is 19.1. The number of carbonyl (C=O) groups is 1. The zero-order valence-corrected chi connectivity index (χ0v) is 8.50. The molecule has 6 heteroatoms. The zero-order chi connectivity index (χ0) is 12.1. The van der Waals surface area contributed by atoms with Gasteiger partial charge in [0.25, 0.3) is 0 Å². The Bertz CT molecular complexity index is 369. The van der Waals surface area contributed by atoms with Gasteiger partial charge in [-0.15, -0.1) is 0 Å². The van der Waals surface area contributed by atoms with Crippen molar-refractivity contribution >= 4 is 5.97 Å². The number of aromatic carboxylic acids is 1. The largest absolute Gasteiger partial charge is 0.491 e. The third kappa shape index (κ3) is 2.90. The van der Waals surface area contributed by atoms with Crippen LogP contribution in [0.4, 0.5) is 8.78 Å². The van der Waals surface area contributed by atoms with Gasteiger partial charge in [0.1, 0.15) is 29.6 Å². The van der Waals surface area contributed by atoms with Crippen LogP contribution in [0.3, 0.4) is 0 Å². The van der Waals surface area contributed by atoms with Crippen molar-refractivity contribution in [3.8, 4) is 5.75 Å². The number of carboxylic acids is 1.